The third-order valence-electron chi connectivity index (χ3n) is 2.34. The van der Waals surface area contributed by atoms with Crippen LogP contribution in [0.5, 0.6) is 0 Å². The molecule has 0 spiro atoms. The molecule has 0 radical (unpaired) electrons. The number of hydrogen-bond acceptors (Lipinski definition) is 4. The summed E-state index contributed by atoms with van der Waals surface area (Å²) < 4.78 is 4.79. The molecular weight excluding hydrogens is 222 g/mol. The van der Waals surface area contributed by atoms with Gasteiger partial charge in [-0.25, -0.2) is 0 Å². The number of carbonyl (C=O) groups is 2. The minimum Gasteiger partial charge on any atom is -0.383 e. The van der Waals surface area contributed by atoms with Gasteiger partial charge in [0.1, 0.15) is 0 Å². The summed E-state index contributed by atoms with van der Waals surface area (Å²) in [5.41, 5.74) is 5.49. The molecule has 0 aromatic heterocycles. The molecule has 0 saturated carbocycles. The standard InChI is InChI=1S/C11H23N3O3/c1-3-4-9(7-12)11(16)14-8-10(15)13-5-6-17-2/h9H,3-8,12H2,1-2H3,(H,13,15)(H,14,16). The highest BCUT2D eigenvalue weighted by Gasteiger charge is 2.15. The third-order valence-corrected chi connectivity index (χ3v) is 2.34. The van der Waals surface area contributed by atoms with E-state index in [1.54, 1.807) is 7.11 Å². The second-order valence-corrected chi connectivity index (χ2v) is 3.78. The number of hydrogen-bond donors (Lipinski definition) is 3. The summed E-state index contributed by atoms with van der Waals surface area (Å²) >= 11 is 0. The number of nitrogens with one attached hydrogen (secondary N) is 2. The largest absolute Gasteiger partial charge is 0.383 e. The van der Waals surface area contributed by atoms with Gasteiger partial charge in [-0.1, -0.05) is 13.3 Å². The zero-order valence-electron chi connectivity index (χ0n) is 10.6. The summed E-state index contributed by atoms with van der Waals surface area (Å²) in [7, 11) is 1.56. The van der Waals surface area contributed by atoms with Crippen molar-refractivity contribution < 1.29 is 14.3 Å². The molecule has 0 aliphatic rings. The van der Waals surface area contributed by atoms with E-state index in [-0.39, 0.29) is 24.3 Å². The number of rotatable bonds is 9. The van der Waals surface area contributed by atoms with Crippen LogP contribution >= 0.6 is 0 Å². The smallest absolute Gasteiger partial charge is 0.239 e. The van der Waals surface area contributed by atoms with Crippen molar-refractivity contribution in [1.29, 1.82) is 0 Å². The first-order valence-electron chi connectivity index (χ1n) is 5.89. The van der Waals surface area contributed by atoms with E-state index in [1.165, 1.54) is 0 Å². The lowest BCUT2D eigenvalue weighted by Gasteiger charge is -2.13. The van der Waals surface area contributed by atoms with Crippen LogP contribution in [0.1, 0.15) is 19.8 Å². The van der Waals surface area contributed by atoms with Crippen LogP contribution < -0.4 is 16.4 Å². The van der Waals surface area contributed by atoms with Crippen molar-refractivity contribution in [2.75, 3.05) is 33.4 Å². The Hall–Kier alpha value is -1.14. The predicted molar refractivity (Wildman–Crippen MR) is 65.3 cm³/mol. The van der Waals surface area contributed by atoms with Crippen molar-refractivity contribution in [3.8, 4) is 0 Å². The molecule has 17 heavy (non-hydrogen) atoms. The lowest BCUT2D eigenvalue weighted by molar-refractivity contribution is -0.128. The zero-order valence-corrected chi connectivity index (χ0v) is 10.6. The van der Waals surface area contributed by atoms with Crippen molar-refractivity contribution in [2.24, 2.45) is 11.7 Å². The third kappa shape index (κ3) is 7.70. The molecule has 6 heteroatoms. The molecule has 0 aliphatic carbocycles. The van der Waals surface area contributed by atoms with E-state index in [1.807, 2.05) is 6.92 Å². The highest BCUT2D eigenvalue weighted by Crippen LogP contribution is 2.03. The van der Waals surface area contributed by atoms with Gasteiger partial charge < -0.3 is 21.1 Å². The Bertz CT molecular complexity index is 234. The second-order valence-electron chi connectivity index (χ2n) is 3.78. The maximum atomic E-state index is 11.6. The molecule has 0 aromatic rings. The highest BCUT2D eigenvalue weighted by atomic mass is 16.5. The topological polar surface area (TPSA) is 93.5 Å². The molecule has 0 rings (SSSR count). The normalized spacial score (nSPS) is 11.9. The van der Waals surface area contributed by atoms with E-state index in [0.717, 1.165) is 12.8 Å². The minimum absolute atomic E-state index is 0.0111. The SMILES string of the molecule is CCCC(CN)C(=O)NCC(=O)NCCOC. The van der Waals surface area contributed by atoms with Crippen LogP contribution in [-0.2, 0) is 14.3 Å². The predicted octanol–water partition coefficient (Wildman–Crippen LogP) is -0.760. The molecule has 0 heterocycles. The summed E-state index contributed by atoms with van der Waals surface area (Å²) in [6, 6.07) is 0. The van der Waals surface area contributed by atoms with Crippen LogP contribution in [0.3, 0.4) is 0 Å². The molecule has 0 bridgehead atoms. The van der Waals surface area contributed by atoms with Crippen molar-refractivity contribution in [1.82, 2.24) is 10.6 Å². The van der Waals surface area contributed by atoms with E-state index in [0.29, 0.717) is 19.7 Å². The second kappa shape index (κ2) is 10.0. The van der Waals surface area contributed by atoms with Crippen LogP contribution in [0.25, 0.3) is 0 Å². The summed E-state index contributed by atoms with van der Waals surface area (Å²) in [6.45, 7) is 3.20. The first-order valence-corrected chi connectivity index (χ1v) is 5.89. The maximum absolute atomic E-state index is 11.6. The lowest BCUT2D eigenvalue weighted by Crippen LogP contribution is -2.42. The van der Waals surface area contributed by atoms with Crippen LogP contribution in [0.4, 0.5) is 0 Å². The fraction of sp³-hybridized carbons (Fsp3) is 0.818. The van der Waals surface area contributed by atoms with Gasteiger partial charge in [0, 0.05) is 20.2 Å². The average Bonchev–Trinajstić information content (AvgIpc) is 2.33. The van der Waals surface area contributed by atoms with E-state index in [2.05, 4.69) is 10.6 Å². The molecular formula is C11H23N3O3. The quantitative estimate of drug-likeness (QED) is 0.465. The van der Waals surface area contributed by atoms with Gasteiger partial charge in [-0.05, 0) is 6.42 Å². The first-order chi connectivity index (χ1) is 8.15. The van der Waals surface area contributed by atoms with E-state index >= 15 is 0 Å². The zero-order chi connectivity index (χ0) is 13.1. The molecule has 0 aromatic carbocycles. The van der Waals surface area contributed by atoms with Crippen molar-refractivity contribution in [3.63, 3.8) is 0 Å². The molecule has 0 fully saturated rings. The van der Waals surface area contributed by atoms with Gasteiger partial charge in [0.25, 0.3) is 0 Å². The number of nitrogens with two attached hydrogens (primary N) is 1. The molecule has 2 amide bonds. The Morgan fingerprint density at radius 3 is 2.59 bits per heavy atom. The number of amides is 2. The highest BCUT2D eigenvalue weighted by molar-refractivity contribution is 5.85. The van der Waals surface area contributed by atoms with Gasteiger partial charge in [0.2, 0.25) is 11.8 Å². The lowest BCUT2D eigenvalue weighted by atomic mass is 10.0. The van der Waals surface area contributed by atoms with Crippen molar-refractivity contribution in [3.05, 3.63) is 0 Å². The van der Waals surface area contributed by atoms with Crippen LogP contribution in [0, 0.1) is 5.92 Å². The summed E-state index contributed by atoms with van der Waals surface area (Å²) in [5, 5.41) is 5.19. The van der Waals surface area contributed by atoms with E-state index in [4.69, 9.17) is 10.5 Å². The minimum atomic E-state index is -0.220. The Labute approximate surface area is 102 Å². The van der Waals surface area contributed by atoms with Gasteiger partial charge in [-0.2, -0.15) is 0 Å². The van der Waals surface area contributed by atoms with Crippen LogP contribution in [0.2, 0.25) is 0 Å². The fourth-order valence-electron chi connectivity index (χ4n) is 1.37. The Balaban J connectivity index is 3.77. The Morgan fingerprint density at radius 2 is 2.06 bits per heavy atom. The Morgan fingerprint density at radius 1 is 1.35 bits per heavy atom. The van der Waals surface area contributed by atoms with Crippen molar-refractivity contribution >= 4 is 11.8 Å². The monoisotopic (exact) mass is 245 g/mol. The van der Waals surface area contributed by atoms with Crippen LogP contribution in [-0.4, -0.2) is 45.2 Å². The molecule has 0 saturated heterocycles. The van der Waals surface area contributed by atoms with Gasteiger partial charge in [0.15, 0.2) is 0 Å². The molecule has 0 aliphatic heterocycles. The molecule has 6 nitrogen and oxygen atoms in total. The van der Waals surface area contributed by atoms with Crippen LogP contribution in [0.15, 0.2) is 0 Å². The summed E-state index contributed by atoms with van der Waals surface area (Å²) in [4.78, 5) is 22.9. The fourth-order valence-corrected chi connectivity index (χ4v) is 1.37. The van der Waals surface area contributed by atoms with E-state index < -0.39 is 0 Å². The van der Waals surface area contributed by atoms with Gasteiger partial charge >= 0.3 is 0 Å². The molecule has 1 unspecified atom stereocenters. The maximum Gasteiger partial charge on any atom is 0.239 e. The van der Waals surface area contributed by atoms with Gasteiger partial charge in [-0.3, -0.25) is 9.59 Å². The number of ether oxygens (including phenoxy) is 1. The molecule has 1 atom stereocenters. The van der Waals surface area contributed by atoms with Gasteiger partial charge in [-0.15, -0.1) is 0 Å². The van der Waals surface area contributed by atoms with Gasteiger partial charge in [0.05, 0.1) is 19.1 Å². The molecule has 4 N–H and O–H groups in total. The Kier molecular flexibility index (Phi) is 9.37. The summed E-state index contributed by atoms with van der Waals surface area (Å²) in [6.07, 6.45) is 1.64. The number of methoxy groups -OCH3 is 1. The first kappa shape index (κ1) is 15.9. The van der Waals surface area contributed by atoms with Crippen molar-refractivity contribution in [2.45, 2.75) is 19.8 Å². The summed E-state index contributed by atoms with van der Waals surface area (Å²) in [5.74, 6) is -0.578. The average molecular weight is 245 g/mol. The molecule has 100 valence electrons. The number of carbonyl (C=O) groups excluding carboxylic acids is 2. The van der Waals surface area contributed by atoms with E-state index in [9.17, 15) is 9.59 Å².